The Kier molecular flexibility index (Phi) is 7.02. The maximum absolute atomic E-state index is 12.6. The third-order valence-corrected chi connectivity index (χ3v) is 5.77. The van der Waals surface area contributed by atoms with Gasteiger partial charge in [0.2, 0.25) is 15.9 Å². The molecule has 1 atom stereocenters. The van der Waals surface area contributed by atoms with Crippen LogP contribution >= 0.6 is 0 Å². The van der Waals surface area contributed by atoms with Crippen molar-refractivity contribution < 1.29 is 22.8 Å². The van der Waals surface area contributed by atoms with Crippen LogP contribution in [-0.4, -0.2) is 66.0 Å². The fourth-order valence-electron chi connectivity index (χ4n) is 3.31. The van der Waals surface area contributed by atoms with Gasteiger partial charge in [0.25, 0.3) is 0 Å². The van der Waals surface area contributed by atoms with Crippen LogP contribution in [0.2, 0.25) is 0 Å². The number of quaternary nitrogens is 1. The first-order valence-electron chi connectivity index (χ1n) is 8.95. The Hall–Kier alpha value is -1.64. The molecule has 0 aliphatic carbocycles. The number of nitrogens with one attached hydrogen (secondary N) is 2. The average Bonchev–Trinajstić information content (AvgIpc) is 2.53. The summed E-state index contributed by atoms with van der Waals surface area (Å²) in [5.74, 6) is -0.290. The number of hydrogen-bond donors (Lipinski definition) is 2. The van der Waals surface area contributed by atoms with E-state index in [4.69, 9.17) is 4.74 Å². The number of carbonyl (C=O) groups excluding carboxylic acids is 1. The van der Waals surface area contributed by atoms with Crippen LogP contribution in [0.4, 0.5) is 5.69 Å². The number of anilines is 1. The van der Waals surface area contributed by atoms with Crippen molar-refractivity contribution in [1.29, 1.82) is 0 Å². The van der Waals surface area contributed by atoms with Crippen molar-refractivity contribution in [2.24, 2.45) is 0 Å². The topological polar surface area (TPSA) is 80.2 Å². The van der Waals surface area contributed by atoms with Crippen molar-refractivity contribution in [2.45, 2.75) is 26.8 Å². The van der Waals surface area contributed by atoms with E-state index in [0.29, 0.717) is 12.2 Å². The molecule has 7 nitrogen and oxygen atoms in total. The Morgan fingerprint density at radius 3 is 2.35 bits per heavy atom. The molecule has 1 fully saturated rings. The number of nitrogens with zero attached hydrogens (tertiary/aromatic N) is 1. The fourth-order valence-corrected chi connectivity index (χ4v) is 4.47. The lowest BCUT2D eigenvalue weighted by Crippen LogP contribution is -3.14. The highest BCUT2D eigenvalue weighted by Crippen LogP contribution is 2.23. The molecule has 8 heteroatoms. The Labute approximate surface area is 156 Å². The van der Waals surface area contributed by atoms with E-state index in [-0.39, 0.29) is 5.91 Å². The third kappa shape index (κ3) is 5.69. The van der Waals surface area contributed by atoms with E-state index >= 15 is 0 Å². The van der Waals surface area contributed by atoms with Gasteiger partial charge in [-0.05, 0) is 44.0 Å². The molecule has 1 aliphatic rings. The second-order valence-corrected chi connectivity index (χ2v) is 8.84. The van der Waals surface area contributed by atoms with E-state index in [2.05, 4.69) is 5.32 Å². The van der Waals surface area contributed by atoms with E-state index in [1.54, 1.807) is 19.1 Å². The van der Waals surface area contributed by atoms with Crippen LogP contribution < -0.4 is 14.5 Å². The summed E-state index contributed by atoms with van der Waals surface area (Å²) in [6.07, 6.45) is 1.13. The summed E-state index contributed by atoms with van der Waals surface area (Å²) in [6.45, 7) is 10.1. The van der Waals surface area contributed by atoms with Crippen molar-refractivity contribution in [3.63, 3.8) is 0 Å². The molecule has 0 radical (unpaired) electrons. The highest BCUT2D eigenvalue weighted by molar-refractivity contribution is 7.92. The van der Waals surface area contributed by atoms with Gasteiger partial charge in [0.1, 0.15) is 19.1 Å². The van der Waals surface area contributed by atoms with E-state index in [0.717, 1.165) is 50.2 Å². The molecular weight excluding hydrogens is 354 g/mol. The predicted molar refractivity (Wildman–Crippen MR) is 102 cm³/mol. The van der Waals surface area contributed by atoms with Gasteiger partial charge in [-0.25, -0.2) is 8.42 Å². The van der Waals surface area contributed by atoms with Crippen LogP contribution in [0.3, 0.4) is 0 Å². The van der Waals surface area contributed by atoms with Gasteiger partial charge in [-0.3, -0.25) is 9.10 Å². The number of carbonyl (C=O) groups is 1. The summed E-state index contributed by atoms with van der Waals surface area (Å²) in [6, 6.07) is 4.73. The van der Waals surface area contributed by atoms with E-state index in [9.17, 15) is 13.2 Å². The van der Waals surface area contributed by atoms with Crippen molar-refractivity contribution in [3.05, 3.63) is 29.3 Å². The minimum absolute atomic E-state index is 0.290. The fraction of sp³-hybridized carbons (Fsp3) is 0.611. The third-order valence-electron chi connectivity index (χ3n) is 4.53. The van der Waals surface area contributed by atoms with E-state index in [1.165, 1.54) is 9.21 Å². The summed E-state index contributed by atoms with van der Waals surface area (Å²) in [7, 11) is -3.59. The molecule has 0 spiro atoms. The second kappa shape index (κ2) is 8.83. The van der Waals surface area contributed by atoms with Crippen LogP contribution in [0, 0.1) is 13.8 Å². The zero-order chi connectivity index (χ0) is 19.3. The lowest BCUT2D eigenvalue weighted by Gasteiger charge is -2.29. The number of rotatable bonds is 7. The molecule has 0 aromatic heterocycles. The Balaban J connectivity index is 2.06. The van der Waals surface area contributed by atoms with Gasteiger partial charge < -0.3 is 15.0 Å². The molecule has 1 heterocycles. The quantitative estimate of drug-likeness (QED) is 0.664. The maximum atomic E-state index is 12.6. The normalized spacial score (nSPS) is 16.9. The van der Waals surface area contributed by atoms with Gasteiger partial charge in [-0.15, -0.1) is 0 Å². The van der Waals surface area contributed by atoms with Crippen molar-refractivity contribution in [1.82, 2.24) is 5.32 Å². The molecule has 1 aromatic rings. The molecule has 146 valence electrons. The number of amides is 1. The highest BCUT2D eigenvalue weighted by Gasteiger charge is 2.29. The van der Waals surface area contributed by atoms with Gasteiger partial charge in [-0.1, -0.05) is 6.07 Å². The molecule has 0 unspecified atom stereocenters. The van der Waals surface area contributed by atoms with Crippen molar-refractivity contribution >= 4 is 21.6 Å². The van der Waals surface area contributed by atoms with Crippen LogP contribution in [-0.2, 0) is 19.6 Å². The SMILES string of the molecule is Cc1cc(C)cc(N([C@@H](C)C(=O)NCC[NH+]2CCOCC2)S(C)(=O)=O)c1. The monoisotopic (exact) mass is 384 g/mol. The van der Waals surface area contributed by atoms with Gasteiger partial charge >= 0.3 is 0 Å². The first kappa shape index (κ1) is 20.7. The molecule has 2 rings (SSSR count). The number of sulfonamides is 1. The smallest absolute Gasteiger partial charge is 0.243 e. The highest BCUT2D eigenvalue weighted by atomic mass is 32.2. The molecule has 1 aromatic carbocycles. The Bertz CT molecular complexity index is 710. The minimum Gasteiger partial charge on any atom is -0.370 e. The minimum atomic E-state index is -3.59. The molecule has 26 heavy (non-hydrogen) atoms. The zero-order valence-corrected chi connectivity index (χ0v) is 16.9. The average molecular weight is 385 g/mol. The van der Waals surface area contributed by atoms with E-state index in [1.807, 2.05) is 19.9 Å². The van der Waals surface area contributed by atoms with Gasteiger partial charge in [-0.2, -0.15) is 0 Å². The summed E-state index contributed by atoms with van der Waals surface area (Å²) in [5.41, 5.74) is 2.43. The largest absolute Gasteiger partial charge is 0.370 e. The lowest BCUT2D eigenvalue weighted by molar-refractivity contribution is -0.906. The van der Waals surface area contributed by atoms with Crippen LogP contribution in [0.25, 0.3) is 0 Å². The van der Waals surface area contributed by atoms with Crippen molar-refractivity contribution in [3.8, 4) is 0 Å². The number of aryl methyl sites for hydroxylation is 2. The number of hydrogen-bond acceptors (Lipinski definition) is 4. The standard InChI is InChI=1S/C18H29N3O4S/c1-14-11-15(2)13-17(12-14)21(26(4,23)24)16(3)18(22)19-5-6-20-7-9-25-10-8-20/h11-13,16H,5-10H2,1-4H3,(H,19,22)/p+1/t16-/m0/s1. The van der Waals surface area contributed by atoms with Crippen LogP contribution in [0.1, 0.15) is 18.1 Å². The summed E-state index contributed by atoms with van der Waals surface area (Å²) < 4.78 is 31.2. The summed E-state index contributed by atoms with van der Waals surface area (Å²) >= 11 is 0. The summed E-state index contributed by atoms with van der Waals surface area (Å²) in [4.78, 5) is 14.0. The zero-order valence-electron chi connectivity index (χ0n) is 16.0. The maximum Gasteiger partial charge on any atom is 0.243 e. The molecular formula is C18H30N3O4S+. The molecule has 0 bridgehead atoms. The lowest BCUT2D eigenvalue weighted by atomic mass is 10.1. The van der Waals surface area contributed by atoms with Crippen molar-refractivity contribution in [2.75, 3.05) is 50.0 Å². The molecule has 1 aliphatic heterocycles. The molecule has 1 amide bonds. The Morgan fingerprint density at radius 2 is 1.81 bits per heavy atom. The first-order chi connectivity index (χ1) is 12.2. The van der Waals surface area contributed by atoms with Crippen LogP contribution in [0.15, 0.2) is 18.2 Å². The second-order valence-electron chi connectivity index (χ2n) is 6.98. The summed E-state index contributed by atoms with van der Waals surface area (Å²) in [5, 5.41) is 2.87. The van der Waals surface area contributed by atoms with Gasteiger partial charge in [0.05, 0.1) is 38.2 Å². The molecule has 1 saturated heterocycles. The van der Waals surface area contributed by atoms with Gasteiger partial charge in [0.15, 0.2) is 0 Å². The first-order valence-corrected chi connectivity index (χ1v) is 10.8. The number of morpholine rings is 1. The van der Waals surface area contributed by atoms with Crippen LogP contribution in [0.5, 0.6) is 0 Å². The van der Waals surface area contributed by atoms with Gasteiger partial charge in [0, 0.05) is 0 Å². The number of benzene rings is 1. The number of ether oxygens (including phenoxy) is 1. The molecule has 2 N–H and O–H groups in total. The molecule has 0 saturated carbocycles. The Morgan fingerprint density at radius 1 is 1.23 bits per heavy atom. The van der Waals surface area contributed by atoms with E-state index < -0.39 is 16.1 Å². The predicted octanol–water partition coefficient (Wildman–Crippen LogP) is -0.511.